The molecular weight excluding hydrogens is 190 g/mol. The summed E-state index contributed by atoms with van der Waals surface area (Å²) in [6.45, 7) is 4.63. The third-order valence-corrected chi connectivity index (χ3v) is 4.59. The minimum Gasteiger partial charge on any atom is -0.317 e. The number of rotatable bonds is 2. The highest BCUT2D eigenvalue weighted by molar-refractivity contribution is 7.10. The molecule has 78 valence electrons. The molecule has 14 heavy (non-hydrogen) atoms. The third kappa shape index (κ3) is 1.61. The van der Waals surface area contributed by atoms with E-state index in [4.69, 9.17) is 0 Å². The lowest BCUT2D eigenvalue weighted by atomic mass is 9.89. The molecule has 0 amide bonds. The highest BCUT2D eigenvalue weighted by Gasteiger charge is 2.33. The molecule has 0 spiro atoms. The van der Waals surface area contributed by atoms with Crippen LogP contribution in [-0.2, 0) is 0 Å². The van der Waals surface area contributed by atoms with E-state index < -0.39 is 0 Å². The first-order valence-corrected chi connectivity index (χ1v) is 6.33. The zero-order chi connectivity index (χ0) is 10.1. The van der Waals surface area contributed by atoms with E-state index in [1.54, 1.807) is 5.56 Å². The lowest BCUT2D eigenvalue weighted by molar-refractivity contribution is 0.428. The molecule has 1 nitrogen and oxygen atoms in total. The summed E-state index contributed by atoms with van der Waals surface area (Å²) in [4.78, 5) is 1.51. The summed E-state index contributed by atoms with van der Waals surface area (Å²) in [5.41, 5.74) is 1.60. The molecule has 0 aliphatic heterocycles. The van der Waals surface area contributed by atoms with E-state index in [9.17, 15) is 0 Å². The first-order valence-electron chi connectivity index (χ1n) is 5.45. The molecule has 1 aliphatic carbocycles. The second-order valence-corrected chi connectivity index (χ2v) is 5.49. The topological polar surface area (TPSA) is 12.0 Å². The zero-order valence-electron chi connectivity index (χ0n) is 9.21. The predicted octanol–water partition coefficient (Wildman–Crippen LogP) is 3.16. The van der Waals surface area contributed by atoms with Crippen LogP contribution in [0.3, 0.4) is 0 Å². The third-order valence-electron chi connectivity index (χ3n) is 3.73. The fourth-order valence-electron chi connectivity index (χ4n) is 2.79. The molecule has 0 aromatic carbocycles. The van der Waals surface area contributed by atoms with Crippen molar-refractivity contribution in [3.8, 4) is 0 Å². The molecule has 0 radical (unpaired) electrons. The van der Waals surface area contributed by atoms with Gasteiger partial charge in [0.1, 0.15) is 0 Å². The molecule has 0 bridgehead atoms. The Bertz CT molecular complexity index is 305. The Balaban J connectivity index is 2.18. The molecule has 1 N–H and O–H groups in total. The average molecular weight is 209 g/mol. The molecule has 1 heterocycles. The Morgan fingerprint density at radius 3 is 2.71 bits per heavy atom. The van der Waals surface area contributed by atoms with E-state index in [1.807, 2.05) is 11.3 Å². The molecule has 1 aromatic rings. The molecule has 1 saturated carbocycles. The second-order valence-electron chi connectivity index (χ2n) is 4.37. The minimum atomic E-state index is 0.722. The second kappa shape index (κ2) is 4.03. The highest BCUT2D eigenvalue weighted by Crippen LogP contribution is 2.41. The van der Waals surface area contributed by atoms with Crippen LogP contribution in [0.4, 0.5) is 0 Å². The molecule has 3 unspecified atom stereocenters. The van der Waals surface area contributed by atoms with E-state index >= 15 is 0 Å². The lowest BCUT2D eigenvalue weighted by Crippen LogP contribution is -2.28. The average Bonchev–Trinajstić information content (AvgIpc) is 2.72. The van der Waals surface area contributed by atoms with Crippen LogP contribution in [0, 0.1) is 12.8 Å². The standard InChI is InChI=1S/C12H19NS/c1-8-10(4-5-12(8)13-3)11-6-7-14-9(11)2/h6-8,10,12-13H,4-5H2,1-3H3. The van der Waals surface area contributed by atoms with Crippen LogP contribution in [0.5, 0.6) is 0 Å². The van der Waals surface area contributed by atoms with Crippen molar-refractivity contribution in [1.29, 1.82) is 0 Å². The molecule has 1 fully saturated rings. The van der Waals surface area contributed by atoms with Crippen molar-refractivity contribution >= 4 is 11.3 Å². The van der Waals surface area contributed by atoms with Crippen molar-refractivity contribution in [1.82, 2.24) is 5.32 Å². The predicted molar refractivity (Wildman–Crippen MR) is 63.0 cm³/mol. The maximum absolute atomic E-state index is 3.43. The number of hydrogen-bond donors (Lipinski definition) is 1. The van der Waals surface area contributed by atoms with Crippen LogP contribution in [0.15, 0.2) is 11.4 Å². The van der Waals surface area contributed by atoms with Gasteiger partial charge in [-0.3, -0.25) is 0 Å². The van der Waals surface area contributed by atoms with Gasteiger partial charge in [-0.25, -0.2) is 0 Å². The molecule has 1 aliphatic rings. The summed E-state index contributed by atoms with van der Waals surface area (Å²) in [5, 5.41) is 5.65. The molecule has 2 heteroatoms. The summed E-state index contributed by atoms with van der Waals surface area (Å²) in [6.07, 6.45) is 2.68. The Labute approximate surface area is 90.5 Å². The quantitative estimate of drug-likeness (QED) is 0.789. The number of nitrogens with one attached hydrogen (secondary N) is 1. The number of aryl methyl sites for hydroxylation is 1. The van der Waals surface area contributed by atoms with Gasteiger partial charge in [0.05, 0.1) is 0 Å². The summed E-state index contributed by atoms with van der Waals surface area (Å²) in [5.74, 6) is 1.58. The van der Waals surface area contributed by atoms with Crippen LogP contribution in [0.1, 0.15) is 36.1 Å². The van der Waals surface area contributed by atoms with Gasteiger partial charge in [-0.2, -0.15) is 0 Å². The van der Waals surface area contributed by atoms with Crippen LogP contribution in [-0.4, -0.2) is 13.1 Å². The van der Waals surface area contributed by atoms with E-state index in [2.05, 4.69) is 37.7 Å². The van der Waals surface area contributed by atoms with Gasteiger partial charge >= 0.3 is 0 Å². The van der Waals surface area contributed by atoms with E-state index in [0.717, 1.165) is 17.9 Å². The Hall–Kier alpha value is -0.340. The number of thiophene rings is 1. The highest BCUT2D eigenvalue weighted by atomic mass is 32.1. The van der Waals surface area contributed by atoms with Gasteiger partial charge < -0.3 is 5.32 Å². The molecule has 2 rings (SSSR count). The summed E-state index contributed by atoms with van der Waals surface area (Å²) in [6, 6.07) is 3.04. The van der Waals surface area contributed by atoms with Crippen LogP contribution in [0.25, 0.3) is 0 Å². The SMILES string of the molecule is CNC1CCC(c2ccsc2C)C1C. The van der Waals surface area contributed by atoms with Crippen molar-refractivity contribution in [3.05, 3.63) is 21.9 Å². The van der Waals surface area contributed by atoms with E-state index in [0.29, 0.717) is 0 Å². The number of hydrogen-bond acceptors (Lipinski definition) is 2. The summed E-state index contributed by atoms with van der Waals surface area (Å²) >= 11 is 1.88. The largest absolute Gasteiger partial charge is 0.317 e. The van der Waals surface area contributed by atoms with E-state index in [-0.39, 0.29) is 0 Å². The van der Waals surface area contributed by atoms with Gasteiger partial charge in [-0.1, -0.05) is 6.92 Å². The zero-order valence-corrected chi connectivity index (χ0v) is 10.0. The van der Waals surface area contributed by atoms with Crippen LogP contribution >= 0.6 is 11.3 Å². The maximum Gasteiger partial charge on any atom is 0.00957 e. The molecular formula is C12H19NS. The van der Waals surface area contributed by atoms with Crippen LogP contribution in [0.2, 0.25) is 0 Å². The lowest BCUT2D eigenvalue weighted by Gasteiger charge is -2.20. The van der Waals surface area contributed by atoms with E-state index in [1.165, 1.54) is 17.7 Å². The summed E-state index contributed by atoms with van der Waals surface area (Å²) < 4.78 is 0. The fourth-order valence-corrected chi connectivity index (χ4v) is 3.57. The molecule has 1 aromatic heterocycles. The first-order chi connectivity index (χ1) is 6.74. The van der Waals surface area contributed by atoms with Crippen molar-refractivity contribution < 1.29 is 0 Å². The fraction of sp³-hybridized carbons (Fsp3) is 0.667. The Kier molecular flexibility index (Phi) is 2.93. The van der Waals surface area contributed by atoms with Gasteiger partial charge in [0.15, 0.2) is 0 Å². The van der Waals surface area contributed by atoms with Crippen LogP contribution < -0.4 is 5.32 Å². The maximum atomic E-state index is 3.43. The molecule has 0 saturated heterocycles. The van der Waals surface area contributed by atoms with Crippen molar-refractivity contribution in [2.24, 2.45) is 5.92 Å². The van der Waals surface area contributed by atoms with Gasteiger partial charge in [-0.05, 0) is 55.7 Å². The van der Waals surface area contributed by atoms with Gasteiger partial charge in [0.2, 0.25) is 0 Å². The molecule has 3 atom stereocenters. The summed E-state index contributed by atoms with van der Waals surface area (Å²) in [7, 11) is 2.09. The van der Waals surface area contributed by atoms with Gasteiger partial charge in [-0.15, -0.1) is 11.3 Å². The first kappa shape index (κ1) is 10.2. The van der Waals surface area contributed by atoms with Crippen molar-refractivity contribution in [2.45, 2.75) is 38.6 Å². The van der Waals surface area contributed by atoms with Gasteiger partial charge in [0, 0.05) is 10.9 Å². The Morgan fingerprint density at radius 2 is 2.21 bits per heavy atom. The smallest absolute Gasteiger partial charge is 0.00957 e. The van der Waals surface area contributed by atoms with Crippen molar-refractivity contribution in [2.75, 3.05) is 7.05 Å². The monoisotopic (exact) mass is 209 g/mol. The Morgan fingerprint density at radius 1 is 1.43 bits per heavy atom. The minimum absolute atomic E-state index is 0.722. The normalized spacial score (nSPS) is 32.4. The van der Waals surface area contributed by atoms with Gasteiger partial charge in [0.25, 0.3) is 0 Å². The van der Waals surface area contributed by atoms with Crippen molar-refractivity contribution in [3.63, 3.8) is 0 Å².